The molecule has 0 bridgehead atoms. The number of hydrogen-bond donors (Lipinski definition) is 0. The third-order valence-corrected chi connectivity index (χ3v) is 9.09. The fourth-order valence-electron chi connectivity index (χ4n) is 6.91. The largest absolute Gasteiger partial charge is 0.497 e. The lowest BCUT2D eigenvalue weighted by Crippen LogP contribution is -2.48. The van der Waals surface area contributed by atoms with Gasteiger partial charge in [0.25, 0.3) is 0 Å². The number of carbonyl (C=O) groups is 3. The van der Waals surface area contributed by atoms with Crippen molar-refractivity contribution in [2.24, 2.45) is 5.41 Å². The number of halogens is 1. The molecule has 0 aromatic heterocycles. The maximum Gasteiger partial charge on any atom is 0.186 e. The van der Waals surface area contributed by atoms with Gasteiger partial charge in [-0.25, -0.2) is 0 Å². The van der Waals surface area contributed by atoms with Crippen LogP contribution in [-0.4, -0.2) is 36.5 Å². The van der Waals surface area contributed by atoms with E-state index in [0.717, 1.165) is 21.3 Å². The molecule has 1 fully saturated rings. The van der Waals surface area contributed by atoms with Crippen LogP contribution in [0.5, 0.6) is 5.75 Å². The minimum absolute atomic E-state index is 0.171. The Morgan fingerprint density at radius 2 is 1.52 bits per heavy atom. The number of ether oxygens (including phenoxy) is 1. The molecule has 1 saturated heterocycles. The third-order valence-electron chi connectivity index (χ3n) is 8.56. The smallest absolute Gasteiger partial charge is 0.186 e. The minimum atomic E-state index is -1.51. The Bertz CT molecular complexity index is 1710. The lowest BCUT2D eigenvalue weighted by Gasteiger charge is -2.37. The van der Waals surface area contributed by atoms with E-state index < -0.39 is 23.4 Å². The van der Waals surface area contributed by atoms with E-state index in [0.29, 0.717) is 22.4 Å². The zero-order chi connectivity index (χ0) is 27.6. The van der Waals surface area contributed by atoms with Gasteiger partial charge in [0.15, 0.2) is 17.3 Å². The number of Topliss-reactive ketones (excluding diaryl/α,β-unsaturated/α-hetero) is 3. The molecule has 1 spiro atoms. The average molecular weight is 590 g/mol. The predicted molar refractivity (Wildman–Crippen MR) is 157 cm³/mol. The van der Waals surface area contributed by atoms with Crippen LogP contribution in [0, 0.1) is 5.41 Å². The second-order valence-corrected chi connectivity index (χ2v) is 11.3. The van der Waals surface area contributed by atoms with Crippen molar-refractivity contribution in [3.63, 3.8) is 0 Å². The fourth-order valence-corrected chi connectivity index (χ4v) is 7.17. The number of methoxy groups -OCH3 is 1. The van der Waals surface area contributed by atoms with E-state index in [4.69, 9.17) is 4.74 Å². The van der Waals surface area contributed by atoms with Crippen LogP contribution < -0.4 is 9.64 Å². The van der Waals surface area contributed by atoms with Crippen molar-refractivity contribution in [1.29, 1.82) is 0 Å². The van der Waals surface area contributed by atoms with Crippen molar-refractivity contribution in [1.82, 2.24) is 0 Å². The van der Waals surface area contributed by atoms with E-state index in [9.17, 15) is 14.4 Å². The number of para-hydroxylation sites is 1. The van der Waals surface area contributed by atoms with Crippen molar-refractivity contribution >= 4 is 45.0 Å². The van der Waals surface area contributed by atoms with Gasteiger partial charge in [0, 0.05) is 32.8 Å². The maximum absolute atomic E-state index is 14.7. The molecule has 0 amide bonds. The highest BCUT2D eigenvalue weighted by atomic mass is 79.9. The average Bonchev–Trinajstić information content (AvgIpc) is 3.43. The number of rotatable bonds is 4. The van der Waals surface area contributed by atoms with E-state index in [1.807, 2.05) is 65.6 Å². The number of ketones is 3. The number of fused-ring (bicyclic) bond motifs is 5. The molecular formula is C34H24BrNO4. The molecule has 2 aliphatic heterocycles. The maximum atomic E-state index is 14.7. The zero-order valence-electron chi connectivity index (χ0n) is 21.6. The summed E-state index contributed by atoms with van der Waals surface area (Å²) in [6, 6.07) is 28.1. The van der Waals surface area contributed by atoms with Gasteiger partial charge in [-0.3, -0.25) is 14.4 Å². The van der Waals surface area contributed by atoms with Crippen LogP contribution in [0.25, 0.3) is 6.08 Å². The zero-order valence-corrected chi connectivity index (χ0v) is 23.2. The Hall–Kier alpha value is -4.29. The number of benzene rings is 4. The summed E-state index contributed by atoms with van der Waals surface area (Å²) in [7, 11) is 1.56. The second-order valence-electron chi connectivity index (χ2n) is 10.4. The van der Waals surface area contributed by atoms with Gasteiger partial charge in [0.05, 0.1) is 13.2 Å². The van der Waals surface area contributed by atoms with Crippen molar-refractivity contribution in [3.05, 3.63) is 135 Å². The van der Waals surface area contributed by atoms with Crippen molar-refractivity contribution < 1.29 is 19.1 Å². The number of carbonyl (C=O) groups excluding carboxylic acids is 3. The first-order valence-electron chi connectivity index (χ1n) is 13.1. The monoisotopic (exact) mass is 589 g/mol. The molecule has 5 nitrogen and oxygen atoms in total. The van der Waals surface area contributed by atoms with Crippen LogP contribution in [0.2, 0.25) is 0 Å². The van der Waals surface area contributed by atoms with E-state index in [1.165, 1.54) is 0 Å². The summed E-state index contributed by atoms with van der Waals surface area (Å²) in [5, 5.41) is 0. The van der Waals surface area contributed by atoms with E-state index in [-0.39, 0.29) is 17.3 Å². The van der Waals surface area contributed by atoms with Crippen LogP contribution in [-0.2, 0) is 0 Å². The van der Waals surface area contributed by atoms with Crippen molar-refractivity contribution in [3.8, 4) is 5.75 Å². The molecule has 196 valence electrons. The molecule has 0 saturated carbocycles. The van der Waals surface area contributed by atoms with Crippen LogP contribution in [0.1, 0.15) is 48.1 Å². The van der Waals surface area contributed by atoms with Crippen LogP contribution in [0.3, 0.4) is 0 Å². The molecule has 2 heterocycles. The Kier molecular flexibility index (Phi) is 5.65. The fraction of sp³-hybridized carbons (Fsp3) is 0.147. The van der Waals surface area contributed by atoms with Crippen LogP contribution >= 0.6 is 15.9 Å². The lowest BCUT2D eigenvalue weighted by molar-refractivity contribution is 0.0666. The molecule has 4 aromatic rings. The van der Waals surface area contributed by atoms with Gasteiger partial charge in [0.1, 0.15) is 17.2 Å². The van der Waals surface area contributed by atoms with E-state index in [1.54, 1.807) is 55.6 Å². The van der Waals surface area contributed by atoms with Crippen LogP contribution in [0.4, 0.5) is 5.69 Å². The summed E-state index contributed by atoms with van der Waals surface area (Å²) in [5.74, 6) is -0.820. The minimum Gasteiger partial charge on any atom is -0.497 e. The molecule has 1 aliphatic carbocycles. The molecule has 0 N–H and O–H groups in total. The summed E-state index contributed by atoms with van der Waals surface area (Å²) in [5.41, 5.74) is 2.30. The van der Waals surface area contributed by atoms with Gasteiger partial charge in [-0.1, -0.05) is 94.8 Å². The van der Waals surface area contributed by atoms with Crippen molar-refractivity contribution in [2.45, 2.75) is 18.0 Å². The molecule has 6 heteroatoms. The van der Waals surface area contributed by atoms with Gasteiger partial charge in [-0.05, 0) is 41.5 Å². The molecule has 0 unspecified atom stereocenters. The highest BCUT2D eigenvalue weighted by Crippen LogP contribution is 2.61. The molecule has 0 radical (unpaired) electrons. The van der Waals surface area contributed by atoms with E-state index >= 15 is 0 Å². The molecule has 40 heavy (non-hydrogen) atoms. The first-order chi connectivity index (χ1) is 19.5. The van der Waals surface area contributed by atoms with Gasteiger partial charge in [-0.2, -0.15) is 0 Å². The number of hydrogen-bond acceptors (Lipinski definition) is 5. The summed E-state index contributed by atoms with van der Waals surface area (Å²) >= 11 is 3.52. The molecule has 7 rings (SSSR count). The Labute approximate surface area is 240 Å². The highest BCUT2D eigenvalue weighted by Gasteiger charge is 2.71. The normalized spacial score (nSPS) is 21.8. The number of anilines is 1. The lowest BCUT2D eigenvalue weighted by atomic mass is 9.64. The number of nitrogens with zero attached hydrogens (tertiary/aromatic N) is 1. The van der Waals surface area contributed by atoms with Gasteiger partial charge in [0.2, 0.25) is 0 Å². The Morgan fingerprint density at radius 3 is 2.23 bits per heavy atom. The van der Waals surface area contributed by atoms with Gasteiger partial charge in [-0.15, -0.1) is 0 Å². The quantitative estimate of drug-likeness (QED) is 0.194. The topological polar surface area (TPSA) is 63.7 Å². The van der Waals surface area contributed by atoms with Gasteiger partial charge < -0.3 is 9.64 Å². The SMILES string of the molecule is COc1cccc(C(=O)[C@@H]2[C@@H](c3ccc(Br)cc3)C3(C(=O)c4ccccc4C3=O)[C@H]3C=Cc4ccccc4N23)c1. The summed E-state index contributed by atoms with van der Waals surface area (Å²) < 4.78 is 6.30. The molecule has 3 aliphatic rings. The first-order valence-corrected chi connectivity index (χ1v) is 13.9. The van der Waals surface area contributed by atoms with Crippen LogP contribution in [0.15, 0.2) is 108 Å². The Morgan fingerprint density at radius 1 is 0.850 bits per heavy atom. The van der Waals surface area contributed by atoms with Crippen molar-refractivity contribution in [2.75, 3.05) is 12.0 Å². The van der Waals surface area contributed by atoms with Gasteiger partial charge >= 0.3 is 0 Å². The molecule has 4 aromatic carbocycles. The predicted octanol–water partition coefficient (Wildman–Crippen LogP) is 6.77. The highest BCUT2D eigenvalue weighted by molar-refractivity contribution is 9.10. The third kappa shape index (κ3) is 3.29. The molecule has 3 atom stereocenters. The summed E-state index contributed by atoms with van der Waals surface area (Å²) in [6.45, 7) is 0. The first kappa shape index (κ1) is 24.7. The standard InChI is InChI=1S/C34H24BrNO4/c1-40-24-9-6-8-22(19-24)31(37)30-29(21-13-16-23(35)17-14-21)34(32(38)25-10-3-4-11-26(25)33(34)39)28-18-15-20-7-2-5-12-27(20)36(28)30/h2-19,28-30H,1H3/t28-,29-,30+/m1/s1. The summed E-state index contributed by atoms with van der Waals surface area (Å²) in [4.78, 5) is 46.0. The molecular weight excluding hydrogens is 566 g/mol. The van der Waals surface area contributed by atoms with E-state index in [2.05, 4.69) is 15.9 Å². The Balaban J connectivity index is 1.54. The second kappa shape index (κ2) is 9.14. The summed E-state index contributed by atoms with van der Waals surface area (Å²) in [6.07, 6.45) is 3.91.